The molecular weight excluding hydrogens is 336 g/mol. The minimum atomic E-state index is -0.297. The molecule has 3 aromatic rings. The van der Waals surface area contributed by atoms with Gasteiger partial charge in [0.05, 0.1) is 0 Å². The fourth-order valence-corrected chi connectivity index (χ4v) is 2.80. The van der Waals surface area contributed by atoms with Crippen LogP contribution in [-0.4, -0.2) is 20.9 Å². The Morgan fingerprint density at radius 3 is 2.16 bits per heavy atom. The Labute approximate surface area is 151 Å². The van der Waals surface area contributed by atoms with E-state index in [-0.39, 0.29) is 5.91 Å². The normalized spacial score (nSPS) is 10.6. The third-order valence-corrected chi connectivity index (χ3v) is 3.79. The highest BCUT2D eigenvalue weighted by molar-refractivity contribution is 6.29. The summed E-state index contributed by atoms with van der Waals surface area (Å²) < 4.78 is 0. The number of nitrogens with zero attached hydrogens (tertiary/aromatic N) is 3. The van der Waals surface area contributed by atoms with Gasteiger partial charge in [-0.3, -0.25) is 9.78 Å². The molecular formula is C19H17ClN4O. The molecule has 5 nitrogen and oxygen atoms in total. The van der Waals surface area contributed by atoms with Gasteiger partial charge >= 0.3 is 0 Å². The molecule has 3 rings (SSSR count). The van der Waals surface area contributed by atoms with Crippen LogP contribution < -0.4 is 5.32 Å². The molecule has 0 saturated heterocycles. The van der Waals surface area contributed by atoms with E-state index in [0.717, 1.165) is 28.2 Å². The maximum Gasteiger partial charge on any atom is 0.274 e. The quantitative estimate of drug-likeness (QED) is 0.711. The SMILES string of the molecule is Cc1cc(-c2cc(C)nc(C(=O)Nc3ccnc(Cl)c3)c2)cc(C)n1. The third-order valence-electron chi connectivity index (χ3n) is 3.59. The van der Waals surface area contributed by atoms with Gasteiger partial charge in [0.25, 0.3) is 5.91 Å². The zero-order valence-electron chi connectivity index (χ0n) is 14.2. The number of hydrogen-bond donors (Lipinski definition) is 1. The van der Waals surface area contributed by atoms with Crippen molar-refractivity contribution in [1.29, 1.82) is 0 Å². The number of amides is 1. The molecule has 0 atom stereocenters. The van der Waals surface area contributed by atoms with Crippen LogP contribution in [-0.2, 0) is 0 Å². The van der Waals surface area contributed by atoms with E-state index in [9.17, 15) is 4.79 Å². The second-order valence-electron chi connectivity index (χ2n) is 5.84. The third kappa shape index (κ3) is 4.19. The van der Waals surface area contributed by atoms with Gasteiger partial charge in [0.1, 0.15) is 10.8 Å². The van der Waals surface area contributed by atoms with Crippen LogP contribution in [0.25, 0.3) is 11.1 Å². The van der Waals surface area contributed by atoms with E-state index in [0.29, 0.717) is 16.5 Å². The maximum atomic E-state index is 12.5. The van der Waals surface area contributed by atoms with Crippen LogP contribution in [0.2, 0.25) is 5.15 Å². The van der Waals surface area contributed by atoms with E-state index >= 15 is 0 Å². The molecule has 0 radical (unpaired) electrons. The van der Waals surface area contributed by atoms with Gasteiger partial charge in [-0.25, -0.2) is 9.97 Å². The number of anilines is 1. The summed E-state index contributed by atoms with van der Waals surface area (Å²) in [6, 6.07) is 11.0. The molecule has 0 fully saturated rings. The first-order valence-corrected chi connectivity index (χ1v) is 8.16. The maximum absolute atomic E-state index is 12.5. The van der Waals surface area contributed by atoms with Gasteiger partial charge in [-0.15, -0.1) is 0 Å². The highest BCUT2D eigenvalue weighted by Crippen LogP contribution is 2.23. The van der Waals surface area contributed by atoms with Gasteiger partial charge in [0.2, 0.25) is 0 Å². The second kappa shape index (κ2) is 6.99. The van der Waals surface area contributed by atoms with Crippen LogP contribution >= 0.6 is 11.6 Å². The molecule has 0 spiro atoms. The summed E-state index contributed by atoms with van der Waals surface area (Å²) in [7, 11) is 0. The van der Waals surface area contributed by atoms with Crippen LogP contribution in [0.15, 0.2) is 42.6 Å². The summed E-state index contributed by atoms with van der Waals surface area (Å²) in [6.07, 6.45) is 1.54. The predicted octanol–water partition coefficient (Wildman–Crippen LogP) is 4.37. The summed E-state index contributed by atoms with van der Waals surface area (Å²) in [5.41, 5.74) is 5.49. The topological polar surface area (TPSA) is 67.8 Å². The average Bonchev–Trinajstić information content (AvgIpc) is 2.53. The number of aryl methyl sites for hydroxylation is 3. The van der Waals surface area contributed by atoms with Crippen molar-refractivity contribution in [3.63, 3.8) is 0 Å². The first-order chi connectivity index (χ1) is 11.9. The molecule has 126 valence electrons. The molecule has 0 bridgehead atoms. The lowest BCUT2D eigenvalue weighted by atomic mass is 10.0. The predicted molar refractivity (Wildman–Crippen MR) is 98.9 cm³/mol. The minimum absolute atomic E-state index is 0.297. The summed E-state index contributed by atoms with van der Waals surface area (Å²) in [5.74, 6) is -0.297. The molecule has 6 heteroatoms. The summed E-state index contributed by atoms with van der Waals surface area (Å²) in [4.78, 5) is 25.2. The van der Waals surface area contributed by atoms with Crippen LogP contribution in [0.5, 0.6) is 0 Å². The molecule has 25 heavy (non-hydrogen) atoms. The highest BCUT2D eigenvalue weighted by atomic mass is 35.5. The smallest absolute Gasteiger partial charge is 0.274 e. The molecule has 0 unspecified atom stereocenters. The number of hydrogen-bond acceptors (Lipinski definition) is 4. The Kier molecular flexibility index (Phi) is 4.76. The van der Waals surface area contributed by atoms with Crippen molar-refractivity contribution in [2.24, 2.45) is 0 Å². The second-order valence-corrected chi connectivity index (χ2v) is 6.23. The largest absolute Gasteiger partial charge is 0.320 e. The van der Waals surface area contributed by atoms with E-state index in [2.05, 4.69) is 20.3 Å². The molecule has 3 aromatic heterocycles. The zero-order valence-corrected chi connectivity index (χ0v) is 14.9. The Morgan fingerprint density at radius 2 is 1.52 bits per heavy atom. The molecule has 0 aliphatic rings. The van der Waals surface area contributed by atoms with Crippen molar-refractivity contribution >= 4 is 23.2 Å². The Morgan fingerprint density at radius 1 is 0.920 bits per heavy atom. The molecule has 0 saturated carbocycles. The van der Waals surface area contributed by atoms with E-state index in [1.54, 1.807) is 18.2 Å². The molecule has 1 N–H and O–H groups in total. The van der Waals surface area contributed by atoms with Gasteiger partial charge in [0, 0.05) is 29.0 Å². The van der Waals surface area contributed by atoms with Gasteiger partial charge < -0.3 is 5.32 Å². The Hall–Kier alpha value is -2.79. The monoisotopic (exact) mass is 352 g/mol. The van der Waals surface area contributed by atoms with E-state index in [4.69, 9.17) is 11.6 Å². The van der Waals surface area contributed by atoms with Crippen molar-refractivity contribution in [3.05, 3.63) is 70.5 Å². The fraction of sp³-hybridized carbons (Fsp3) is 0.158. The number of carbonyl (C=O) groups excluding carboxylic acids is 1. The minimum Gasteiger partial charge on any atom is -0.320 e. The number of pyridine rings is 3. The van der Waals surface area contributed by atoms with Crippen molar-refractivity contribution in [3.8, 4) is 11.1 Å². The van der Waals surface area contributed by atoms with Gasteiger partial charge in [-0.2, -0.15) is 0 Å². The van der Waals surface area contributed by atoms with Crippen molar-refractivity contribution in [2.45, 2.75) is 20.8 Å². The van der Waals surface area contributed by atoms with Crippen molar-refractivity contribution in [1.82, 2.24) is 15.0 Å². The molecule has 1 amide bonds. The summed E-state index contributed by atoms with van der Waals surface area (Å²) in [5, 5.41) is 3.11. The Balaban J connectivity index is 1.94. The summed E-state index contributed by atoms with van der Waals surface area (Å²) >= 11 is 5.85. The molecule has 0 aromatic carbocycles. The van der Waals surface area contributed by atoms with Gasteiger partial charge in [-0.05, 0) is 68.3 Å². The van der Waals surface area contributed by atoms with Crippen molar-refractivity contribution < 1.29 is 4.79 Å². The molecule has 0 aliphatic heterocycles. The fourth-order valence-electron chi connectivity index (χ4n) is 2.63. The zero-order chi connectivity index (χ0) is 18.0. The van der Waals surface area contributed by atoms with Crippen LogP contribution in [0.4, 0.5) is 5.69 Å². The van der Waals surface area contributed by atoms with Gasteiger partial charge in [-0.1, -0.05) is 11.6 Å². The van der Waals surface area contributed by atoms with E-state index < -0.39 is 0 Å². The number of nitrogens with one attached hydrogen (secondary N) is 1. The van der Waals surface area contributed by atoms with Crippen LogP contribution in [0, 0.1) is 20.8 Å². The number of halogens is 1. The number of aromatic nitrogens is 3. The number of carbonyl (C=O) groups is 1. The molecule has 3 heterocycles. The van der Waals surface area contributed by atoms with Crippen LogP contribution in [0.1, 0.15) is 27.6 Å². The lowest BCUT2D eigenvalue weighted by Crippen LogP contribution is -2.14. The highest BCUT2D eigenvalue weighted by Gasteiger charge is 2.12. The first-order valence-electron chi connectivity index (χ1n) is 7.78. The molecule has 0 aliphatic carbocycles. The van der Waals surface area contributed by atoms with Gasteiger partial charge in [0.15, 0.2) is 0 Å². The summed E-state index contributed by atoms with van der Waals surface area (Å²) in [6.45, 7) is 5.77. The van der Waals surface area contributed by atoms with Crippen molar-refractivity contribution in [2.75, 3.05) is 5.32 Å². The van der Waals surface area contributed by atoms with E-state index in [1.165, 1.54) is 6.20 Å². The van der Waals surface area contributed by atoms with Crippen LogP contribution in [0.3, 0.4) is 0 Å². The lowest BCUT2D eigenvalue weighted by Gasteiger charge is -2.09. The van der Waals surface area contributed by atoms with E-state index in [1.807, 2.05) is 39.0 Å². The average molecular weight is 353 g/mol. The standard InChI is InChI=1S/C19H17ClN4O/c1-11-6-14(7-12(2)22-11)15-8-13(3)23-17(9-15)19(25)24-16-4-5-21-18(20)10-16/h4-10H,1-3H3,(H,21,24,25). The Bertz CT molecular complexity index is 936. The lowest BCUT2D eigenvalue weighted by molar-refractivity contribution is 0.102. The number of rotatable bonds is 3. The first kappa shape index (κ1) is 17.0.